The van der Waals surface area contributed by atoms with Crippen LogP contribution in [0.2, 0.25) is 0 Å². The summed E-state index contributed by atoms with van der Waals surface area (Å²) in [5.41, 5.74) is -1.21. The third kappa shape index (κ3) is 4.51. The summed E-state index contributed by atoms with van der Waals surface area (Å²) in [7, 11) is 0. The van der Waals surface area contributed by atoms with Crippen LogP contribution in [0, 0.1) is 0 Å². The molecular formula is C19H14F3N3O5. The lowest BCUT2D eigenvalue weighted by Crippen LogP contribution is -2.38. The molecule has 4 amide bonds. The predicted octanol–water partition coefficient (Wildman–Crippen LogP) is 2.65. The Hall–Kier alpha value is -4.02. The van der Waals surface area contributed by atoms with Gasteiger partial charge in [-0.05, 0) is 36.4 Å². The Morgan fingerprint density at radius 3 is 2.53 bits per heavy atom. The third-order valence-electron chi connectivity index (χ3n) is 4.05. The first kappa shape index (κ1) is 20.7. The number of nitrogens with one attached hydrogen (secondary N) is 2. The lowest BCUT2D eigenvalue weighted by atomic mass is 10.1. The average molecular weight is 421 g/mol. The molecule has 3 rings (SSSR count). The number of hydrogen-bond donors (Lipinski definition) is 4. The Bertz CT molecular complexity index is 1070. The maximum Gasteiger partial charge on any atom is 0.416 e. The van der Waals surface area contributed by atoms with Crippen LogP contribution in [0.1, 0.15) is 11.1 Å². The molecule has 0 aromatic heterocycles. The van der Waals surface area contributed by atoms with Crippen molar-refractivity contribution in [1.29, 1.82) is 0 Å². The van der Waals surface area contributed by atoms with Gasteiger partial charge in [-0.1, -0.05) is 6.07 Å². The van der Waals surface area contributed by atoms with Gasteiger partial charge in [-0.3, -0.25) is 9.59 Å². The van der Waals surface area contributed by atoms with Crippen molar-refractivity contribution in [2.24, 2.45) is 0 Å². The molecule has 0 spiro atoms. The van der Waals surface area contributed by atoms with E-state index in [9.17, 15) is 37.8 Å². The first-order valence-electron chi connectivity index (χ1n) is 8.38. The molecule has 0 radical (unpaired) electrons. The number of hydrogen-bond acceptors (Lipinski definition) is 5. The maximum absolute atomic E-state index is 12.8. The van der Waals surface area contributed by atoms with Crippen LogP contribution in [0.5, 0.6) is 11.5 Å². The molecule has 0 aliphatic carbocycles. The highest BCUT2D eigenvalue weighted by molar-refractivity contribution is 6.16. The van der Waals surface area contributed by atoms with Crippen LogP contribution in [0.4, 0.5) is 23.7 Å². The van der Waals surface area contributed by atoms with E-state index in [-0.39, 0.29) is 28.4 Å². The van der Waals surface area contributed by atoms with Gasteiger partial charge in [0.15, 0.2) is 0 Å². The molecule has 0 saturated carbocycles. The number of phenols is 2. The fourth-order valence-corrected chi connectivity index (χ4v) is 2.64. The Balaban J connectivity index is 1.71. The minimum Gasteiger partial charge on any atom is -0.508 e. The van der Waals surface area contributed by atoms with Crippen molar-refractivity contribution in [3.8, 4) is 11.5 Å². The van der Waals surface area contributed by atoms with E-state index in [4.69, 9.17) is 0 Å². The second kappa shape index (κ2) is 7.78. The molecule has 1 fully saturated rings. The highest BCUT2D eigenvalue weighted by Gasteiger charge is 2.35. The predicted molar refractivity (Wildman–Crippen MR) is 98.1 cm³/mol. The molecule has 0 atom stereocenters. The second-order valence-electron chi connectivity index (χ2n) is 6.25. The smallest absolute Gasteiger partial charge is 0.416 e. The second-order valence-corrected chi connectivity index (χ2v) is 6.25. The number of alkyl halides is 3. The Kier molecular flexibility index (Phi) is 5.37. The normalized spacial score (nSPS) is 15.4. The highest BCUT2D eigenvalue weighted by Crippen LogP contribution is 2.30. The Morgan fingerprint density at radius 2 is 1.87 bits per heavy atom. The van der Waals surface area contributed by atoms with Gasteiger partial charge in [0, 0.05) is 17.3 Å². The number of carbonyl (C=O) groups excluding carboxylic acids is 3. The summed E-state index contributed by atoms with van der Waals surface area (Å²) in [6.45, 7) is -0.736. The summed E-state index contributed by atoms with van der Waals surface area (Å²) in [5, 5.41) is 23.5. The van der Waals surface area contributed by atoms with Gasteiger partial charge in [0.05, 0.1) is 5.56 Å². The van der Waals surface area contributed by atoms with Crippen LogP contribution in [-0.2, 0) is 15.8 Å². The van der Waals surface area contributed by atoms with E-state index in [1.165, 1.54) is 18.2 Å². The zero-order chi connectivity index (χ0) is 22.1. The molecule has 0 bridgehead atoms. The minimum atomic E-state index is -4.59. The molecule has 0 unspecified atom stereocenters. The van der Waals surface area contributed by atoms with Gasteiger partial charge >= 0.3 is 12.2 Å². The molecule has 2 aromatic rings. The monoisotopic (exact) mass is 421 g/mol. The molecule has 156 valence electrons. The molecule has 1 saturated heterocycles. The number of phenolic OH excluding ortho intramolecular Hbond substituents is 2. The molecular weight excluding hydrogens is 407 g/mol. The van der Waals surface area contributed by atoms with E-state index in [1.807, 2.05) is 0 Å². The minimum absolute atomic E-state index is 0.131. The number of anilines is 1. The summed E-state index contributed by atoms with van der Waals surface area (Å²) >= 11 is 0. The SMILES string of the molecule is O=C(CN1C(=O)N/C(=C\c2ccc(O)cc2O)C1=O)Nc1cccc(C(F)(F)F)c1. The van der Waals surface area contributed by atoms with Crippen molar-refractivity contribution >= 4 is 29.6 Å². The number of halogens is 3. The number of carbonyl (C=O) groups is 3. The topological polar surface area (TPSA) is 119 Å². The molecule has 11 heteroatoms. The standard InChI is InChI=1S/C19H14F3N3O5/c20-19(21,22)11-2-1-3-12(7-11)23-16(28)9-25-17(29)14(24-18(25)30)6-10-4-5-13(26)8-15(10)27/h1-8,26-27H,9H2,(H,23,28)(H,24,30)/b14-6-. The molecule has 8 nitrogen and oxygen atoms in total. The van der Waals surface area contributed by atoms with E-state index < -0.39 is 36.1 Å². The van der Waals surface area contributed by atoms with Crippen molar-refractivity contribution in [3.05, 3.63) is 59.3 Å². The summed E-state index contributed by atoms with van der Waals surface area (Å²) in [4.78, 5) is 37.1. The van der Waals surface area contributed by atoms with Gasteiger partial charge in [-0.15, -0.1) is 0 Å². The van der Waals surface area contributed by atoms with E-state index in [2.05, 4.69) is 10.6 Å². The maximum atomic E-state index is 12.8. The van der Waals surface area contributed by atoms with Crippen molar-refractivity contribution in [1.82, 2.24) is 10.2 Å². The van der Waals surface area contributed by atoms with Crippen molar-refractivity contribution in [2.75, 3.05) is 11.9 Å². The summed E-state index contributed by atoms with van der Waals surface area (Å²) in [6.07, 6.45) is -3.44. The quantitative estimate of drug-likeness (QED) is 0.447. The summed E-state index contributed by atoms with van der Waals surface area (Å²) in [5.74, 6) is -2.30. The first-order chi connectivity index (χ1) is 14.0. The number of rotatable bonds is 4. The van der Waals surface area contributed by atoms with Gasteiger partial charge in [0.2, 0.25) is 5.91 Å². The summed E-state index contributed by atoms with van der Waals surface area (Å²) in [6, 6.07) is 6.59. The van der Waals surface area contributed by atoms with Gasteiger partial charge in [0.1, 0.15) is 23.7 Å². The van der Waals surface area contributed by atoms with Crippen LogP contribution in [0.25, 0.3) is 6.08 Å². The van der Waals surface area contributed by atoms with Crippen LogP contribution < -0.4 is 10.6 Å². The molecule has 30 heavy (non-hydrogen) atoms. The van der Waals surface area contributed by atoms with E-state index in [1.54, 1.807) is 0 Å². The van der Waals surface area contributed by atoms with Crippen molar-refractivity contribution < 1.29 is 37.8 Å². The average Bonchev–Trinajstić information content (AvgIpc) is 2.91. The zero-order valence-corrected chi connectivity index (χ0v) is 15.0. The Morgan fingerprint density at radius 1 is 1.13 bits per heavy atom. The van der Waals surface area contributed by atoms with E-state index >= 15 is 0 Å². The fraction of sp³-hybridized carbons (Fsp3) is 0.105. The summed E-state index contributed by atoms with van der Waals surface area (Å²) < 4.78 is 38.3. The van der Waals surface area contributed by atoms with Crippen LogP contribution in [0.3, 0.4) is 0 Å². The largest absolute Gasteiger partial charge is 0.508 e. The molecule has 2 aromatic carbocycles. The Labute approximate surface area is 167 Å². The molecule has 1 heterocycles. The van der Waals surface area contributed by atoms with Gasteiger partial charge in [-0.2, -0.15) is 13.2 Å². The van der Waals surface area contributed by atoms with Crippen molar-refractivity contribution in [3.63, 3.8) is 0 Å². The van der Waals surface area contributed by atoms with Crippen LogP contribution in [-0.4, -0.2) is 39.5 Å². The van der Waals surface area contributed by atoms with Gasteiger partial charge < -0.3 is 20.8 Å². The van der Waals surface area contributed by atoms with Crippen LogP contribution >= 0.6 is 0 Å². The first-order valence-corrected chi connectivity index (χ1v) is 8.38. The lowest BCUT2D eigenvalue weighted by molar-refractivity contribution is -0.137. The number of imide groups is 1. The third-order valence-corrected chi connectivity index (χ3v) is 4.05. The van der Waals surface area contributed by atoms with Crippen LogP contribution in [0.15, 0.2) is 48.2 Å². The molecule has 1 aliphatic rings. The van der Waals surface area contributed by atoms with E-state index in [0.717, 1.165) is 30.3 Å². The molecule has 4 N–H and O–H groups in total. The van der Waals surface area contributed by atoms with Gasteiger partial charge in [-0.25, -0.2) is 9.69 Å². The van der Waals surface area contributed by atoms with Crippen molar-refractivity contribution in [2.45, 2.75) is 6.18 Å². The zero-order valence-electron chi connectivity index (χ0n) is 15.0. The number of aromatic hydroxyl groups is 2. The fourth-order valence-electron chi connectivity index (χ4n) is 2.64. The molecule has 1 aliphatic heterocycles. The number of urea groups is 1. The highest BCUT2D eigenvalue weighted by atomic mass is 19.4. The number of amides is 4. The van der Waals surface area contributed by atoms with Gasteiger partial charge in [0.25, 0.3) is 5.91 Å². The number of benzene rings is 2. The van der Waals surface area contributed by atoms with E-state index in [0.29, 0.717) is 4.90 Å². The number of nitrogens with zero attached hydrogens (tertiary/aromatic N) is 1. The lowest BCUT2D eigenvalue weighted by Gasteiger charge is -2.13.